The Morgan fingerprint density at radius 3 is 2.37 bits per heavy atom. The molecular formula is C16H23N3. The van der Waals surface area contributed by atoms with Crippen molar-refractivity contribution in [3.63, 3.8) is 0 Å². The van der Waals surface area contributed by atoms with Gasteiger partial charge in [-0.2, -0.15) is 5.10 Å². The quantitative estimate of drug-likeness (QED) is 0.804. The van der Waals surface area contributed by atoms with E-state index >= 15 is 0 Å². The number of aromatic nitrogens is 3. The fourth-order valence-electron chi connectivity index (χ4n) is 2.53. The van der Waals surface area contributed by atoms with Crippen molar-refractivity contribution >= 4 is 0 Å². The maximum absolute atomic E-state index is 4.69. The van der Waals surface area contributed by atoms with Crippen LogP contribution in [0.25, 0.3) is 11.1 Å². The lowest BCUT2D eigenvalue weighted by Crippen LogP contribution is -2.02. The molecule has 2 aromatic rings. The Kier molecular flexibility index (Phi) is 4.35. The average Bonchev–Trinajstić information content (AvgIpc) is 2.90. The van der Waals surface area contributed by atoms with Crippen molar-refractivity contribution in [2.75, 3.05) is 0 Å². The lowest BCUT2D eigenvalue weighted by atomic mass is 9.94. The Labute approximate surface area is 115 Å². The van der Waals surface area contributed by atoms with Gasteiger partial charge in [0.1, 0.15) is 0 Å². The molecule has 0 unspecified atom stereocenters. The van der Waals surface area contributed by atoms with E-state index in [4.69, 9.17) is 4.98 Å². The first-order valence-electron chi connectivity index (χ1n) is 7.18. The summed E-state index contributed by atoms with van der Waals surface area (Å²) in [5.74, 6) is 0.576. The summed E-state index contributed by atoms with van der Waals surface area (Å²) in [5.41, 5.74) is 4.84. The van der Waals surface area contributed by atoms with Crippen LogP contribution >= 0.6 is 0 Å². The van der Waals surface area contributed by atoms with E-state index in [-0.39, 0.29) is 0 Å². The van der Waals surface area contributed by atoms with Gasteiger partial charge >= 0.3 is 0 Å². The summed E-state index contributed by atoms with van der Waals surface area (Å²) in [4.78, 5) is 4.69. The molecule has 0 saturated heterocycles. The topological polar surface area (TPSA) is 30.7 Å². The second kappa shape index (κ2) is 6.00. The molecule has 0 aliphatic carbocycles. The molecule has 0 atom stereocenters. The van der Waals surface area contributed by atoms with Crippen LogP contribution in [0.2, 0.25) is 0 Å². The summed E-state index contributed by atoms with van der Waals surface area (Å²) >= 11 is 0. The smallest absolute Gasteiger partial charge is 0.0568 e. The van der Waals surface area contributed by atoms with Crippen molar-refractivity contribution in [2.45, 2.75) is 53.0 Å². The summed E-state index contributed by atoms with van der Waals surface area (Å²) in [6, 6.07) is 2.23. The van der Waals surface area contributed by atoms with E-state index in [1.54, 1.807) is 0 Å². The summed E-state index contributed by atoms with van der Waals surface area (Å²) in [7, 11) is 0. The normalized spacial score (nSPS) is 11.2. The highest BCUT2D eigenvalue weighted by Gasteiger charge is 2.12. The predicted molar refractivity (Wildman–Crippen MR) is 79.2 cm³/mol. The van der Waals surface area contributed by atoms with Gasteiger partial charge in [0, 0.05) is 41.7 Å². The van der Waals surface area contributed by atoms with Crippen LogP contribution in [-0.4, -0.2) is 14.8 Å². The molecule has 0 aromatic carbocycles. The number of hydrogen-bond donors (Lipinski definition) is 0. The molecule has 102 valence electrons. The van der Waals surface area contributed by atoms with E-state index in [9.17, 15) is 0 Å². The fraction of sp³-hybridized carbons (Fsp3) is 0.500. The maximum atomic E-state index is 4.69. The highest BCUT2D eigenvalue weighted by molar-refractivity contribution is 5.61. The van der Waals surface area contributed by atoms with Gasteiger partial charge < -0.3 is 0 Å². The Morgan fingerprint density at radius 2 is 1.84 bits per heavy atom. The lowest BCUT2D eigenvalue weighted by molar-refractivity contribution is 0.619. The van der Waals surface area contributed by atoms with Crippen molar-refractivity contribution in [3.05, 3.63) is 35.9 Å². The molecule has 3 nitrogen and oxygen atoms in total. The van der Waals surface area contributed by atoms with Gasteiger partial charge in [-0.05, 0) is 38.3 Å². The first-order valence-corrected chi connectivity index (χ1v) is 7.18. The van der Waals surface area contributed by atoms with E-state index in [2.05, 4.69) is 45.1 Å². The van der Waals surface area contributed by atoms with Gasteiger partial charge in [0.05, 0.1) is 6.20 Å². The molecule has 0 bridgehead atoms. The van der Waals surface area contributed by atoms with Crippen molar-refractivity contribution in [2.24, 2.45) is 0 Å². The second-order valence-corrected chi connectivity index (χ2v) is 5.02. The Balaban J connectivity index is 2.32. The van der Waals surface area contributed by atoms with Crippen LogP contribution in [0.15, 0.2) is 24.7 Å². The zero-order valence-electron chi connectivity index (χ0n) is 12.3. The minimum absolute atomic E-state index is 0.576. The molecule has 2 rings (SSSR count). The standard InChI is InChI=1S/C16H23N3/c1-5-13(6-2)16-12(4)8-14(9-17-16)15-10-18-19(7-3)11-15/h8-11,13H,5-7H2,1-4H3. The first-order chi connectivity index (χ1) is 9.19. The molecule has 2 heterocycles. The third kappa shape index (κ3) is 2.86. The van der Waals surface area contributed by atoms with Gasteiger partial charge in [-0.15, -0.1) is 0 Å². The maximum Gasteiger partial charge on any atom is 0.0568 e. The molecule has 19 heavy (non-hydrogen) atoms. The van der Waals surface area contributed by atoms with E-state index in [1.165, 1.54) is 11.3 Å². The molecule has 2 aromatic heterocycles. The van der Waals surface area contributed by atoms with Crippen LogP contribution in [0, 0.1) is 6.92 Å². The van der Waals surface area contributed by atoms with Crippen molar-refractivity contribution in [1.82, 2.24) is 14.8 Å². The summed E-state index contributed by atoms with van der Waals surface area (Å²) in [6.45, 7) is 9.62. The molecule has 0 aliphatic rings. The first kappa shape index (κ1) is 13.8. The number of rotatable bonds is 5. The van der Waals surface area contributed by atoms with Gasteiger partial charge in [-0.25, -0.2) is 0 Å². The number of nitrogens with zero attached hydrogens (tertiary/aromatic N) is 3. The van der Waals surface area contributed by atoms with Crippen LogP contribution in [-0.2, 0) is 6.54 Å². The zero-order valence-corrected chi connectivity index (χ0v) is 12.3. The molecule has 0 spiro atoms. The van der Waals surface area contributed by atoms with E-state index < -0.39 is 0 Å². The number of pyridine rings is 1. The molecule has 0 fully saturated rings. The minimum atomic E-state index is 0.576. The molecule has 0 radical (unpaired) electrons. The summed E-state index contributed by atoms with van der Waals surface area (Å²) < 4.78 is 1.94. The highest BCUT2D eigenvalue weighted by atomic mass is 15.3. The van der Waals surface area contributed by atoms with Gasteiger partial charge in [0.2, 0.25) is 0 Å². The van der Waals surface area contributed by atoms with E-state index in [0.717, 1.165) is 30.5 Å². The average molecular weight is 257 g/mol. The fourth-order valence-corrected chi connectivity index (χ4v) is 2.53. The Hall–Kier alpha value is -1.64. The van der Waals surface area contributed by atoms with E-state index in [1.807, 2.05) is 17.1 Å². The third-order valence-electron chi connectivity index (χ3n) is 3.78. The summed E-state index contributed by atoms with van der Waals surface area (Å²) in [5, 5.41) is 4.32. The number of aryl methyl sites for hydroxylation is 2. The molecule has 0 amide bonds. The predicted octanol–water partition coefficient (Wildman–Crippen LogP) is 4.18. The van der Waals surface area contributed by atoms with E-state index in [0.29, 0.717) is 5.92 Å². The largest absolute Gasteiger partial charge is 0.272 e. The van der Waals surface area contributed by atoms with Crippen molar-refractivity contribution in [3.8, 4) is 11.1 Å². The van der Waals surface area contributed by atoms with Crippen LogP contribution in [0.3, 0.4) is 0 Å². The summed E-state index contributed by atoms with van der Waals surface area (Å²) in [6.07, 6.45) is 8.27. The molecule has 3 heteroatoms. The van der Waals surface area contributed by atoms with Crippen LogP contribution < -0.4 is 0 Å². The van der Waals surface area contributed by atoms with Crippen LogP contribution in [0.5, 0.6) is 0 Å². The SMILES string of the molecule is CCC(CC)c1ncc(-c2cnn(CC)c2)cc1C. The molecule has 0 aliphatic heterocycles. The third-order valence-corrected chi connectivity index (χ3v) is 3.78. The van der Waals surface area contributed by atoms with Crippen molar-refractivity contribution < 1.29 is 0 Å². The van der Waals surface area contributed by atoms with Crippen LogP contribution in [0.4, 0.5) is 0 Å². The molecule has 0 saturated carbocycles. The van der Waals surface area contributed by atoms with Gasteiger partial charge in [0.25, 0.3) is 0 Å². The molecule has 0 N–H and O–H groups in total. The van der Waals surface area contributed by atoms with Gasteiger partial charge in [-0.1, -0.05) is 13.8 Å². The molecular weight excluding hydrogens is 234 g/mol. The van der Waals surface area contributed by atoms with Gasteiger partial charge in [-0.3, -0.25) is 9.67 Å². The van der Waals surface area contributed by atoms with Gasteiger partial charge in [0.15, 0.2) is 0 Å². The van der Waals surface area contributed by atoms with Crippen LogP contribution in [0.1, 0.15) is 50.8 Å². The Morgan fingerprint density at radius 1 is 1.11 bits per heavy atom. The Bertz CT molecular complexity index is 539. The van der Waals surface area contributed by atoms with Crippen molar-refractivity contribution in [1.29, 1.82) is 0 Å². The minimum Gasteiger partial charge on any atom is -0.272 e. The monoisotopic (exact) mass is 257 g/mol. The second-order valence-electron chi connectivity index (χ2n) is 5.02. The zero-order chi connectivity index (χ0) is 13.8. The highest BCUT2D eigenvalue weighted by Crippen LogP contribution is 2.27. The number of hydrogen-bond acceptors (Lipinski definition) is 2. The lowest BCUT2D eigenvalue weighted by Gasteiger charge is -2.15.